The Morgan fingerprint density at radius 2 is 1.59 bits per heavy atom. The number of hydrogen-bond donors (Lipinski definition) is 1. The summed E-state index contributed by atoms with van der Waals surface area (Å²) in [6.45, 7) is -0.265. The van der Waals surface area contributed by atoms with Crippen LogP contribution in [0.4, 0.5) is 11.4 Å². The van der Waals surface area contributed by atoms with Gasteiger partial charge < -0.3 is 10.1 Å². The Balaban J connectivity index is 1.43. The molecular weight excluding hydrogens is 605 g/mol. The Bertz CT molecular complexity index is 1740. The highest BCUT2D eigenvalue weighted by atomic mass is 35.5. The van der Waals surface area contributed by atoms with Crippen LogP contribution in [0.25, 0.3) is 0 Å². The van der Waals surface area contributed by atoms with E-state index in [1.54, 1.807) is 54.6 Å². The van der Waals surface area contributed by atoms with Crippen molar-refractivity contribution in [3.63, 3.8) is 0 Å². The smallest absolute Gasteiger partial charge is 0.308 e. The molecule has 0 aliphatic carbocycles. The largest absolute Gasteiger partial charge is 0.496 e. The molecule has 1 saturated heterocycles. The number of aromatic nitrogens is 1. The summed E-state index contributed by atoms with van der Waals surface area (Å²) in [6.07, 6.45) is 0. The molecular formula is C29H21Cl2N3O5S2. The maximum Gasteiger partial charge on any atom is 0.308 e. The number of nitrogens with one attached hydrogen (secondary N) is 1. The van der Waals surface area contributed by atoms with E-state index in [-0.39, 0.29) is 17.3 Å². The molecule has 0 radical (unpaired) electrons. The fourth-order valence-corrected chi connectivity index (χ4v) is 8.25. The predicted molar refractivity (Wildman–Crippen MR) is 161 cm³/mol. The Morgan fingerprint density at radius 3 is 2.27 bits per heavy atom. The lowest BCUT2D eigenvalue weighted by Gasteiger charge is -2.31. The summed E-state index contributed by atoms with van der Waals surface area (Å²) in [5.41, 5.74) is 1.64. The number of carbonyl (C=O) groups is 3. The molecule has 1 fully saturated rings. The highest BCUT2D eigenvalue weighted by molar-refractivity contribution is 8.00. The third-order valence-corrected chi connectivity index (χ3v) is 10.1. The number of nitrogens with zero attached hydrogens (tertiary/aromatic N) is 2. The number of para-hydroxylation sites is 1. The number of carbonyl (C=O) groups excluding carboxylic acids is 3. The zero-order valence-electron chi connectivity index (χ0n) is 21.4. The fraction of sp³-hybridized carbons (Fsp3) is 0.172. The van der Waals surface area contributed by atoms with E-state index in [0.717, 1.165) is 23.1 Å². The molecule has 3 atom stereocenters. The van der Waals surface area contributed by atoms with Crippen molar-refractivity contribution >= 4 is 75.4 Å². The van der Waals surface area contributed by atoms with E-state index >= 15 is 0 Å². The van der Waals surface area contributed by atoms with Crippen LogP contribution in [0.15, 0.2) is 82.6 Å². The topological polar surface area (TPSA) is 97.7 Å². The Kier molecular flexibility index (Phi) is 7.41. The Morgan fingerprint density at radius 1 is 0.927 bits per heavy atom. The highest BCUT2D eigenvalue weighted by Gasteiger charge is 2.57. The Hall–Kier alpha value is -3.57. The molecule has 8 nitrogen and oxygen atoms in total. The average Bonchev–Trinajstić information content (AvgIpc) is 3.41. The number of amides is 3. The van der Waals surface area contributed by atoms with Crippen LogP contribution >= 0.6 is 46.3 Å². The maximum atomic E-state index is 14.0. The first kappa shape index (κ1) is 27.6. The van der Waals surface area contributed by atoms with Crippen molar-refractivity contribution in [3.8, 4) is 5.75 Å². The minimum absolute atomic E-state index is 0.265. The van der Waals surface area contributed by atoms with Crippen molar-refractivity contribution < 1.29 is 19.1 Å². The molecule has 0 bridgehead atoms. The van der Waals surface area contributed by atoms with Gasteiger partial charge in [0.2, 0.25) is 17.7 Å². The first-order valence-electron chi connectivity index (χ1n) is 12.5. The van der Waals surface area contributed by atoms with Crippen LogP contribution in [-0.4, -0.2) is 34.6 Å². The van der Waals surface area contributed by atoms with E-state index in [4.69, 9.17) is 27.9 Å². The molecule has 12 heteroatoms. The van der Waals surface area contributed by atoms with Crippen molar-refractivity contribution in [1.29, 1.82) is 0 Å². The van der Waals surface area contributed by atoms with Crippen LogP contribution in [0.2, 0.25) is 10.0 Å². The van der Waals surface area contributed by atoms with Crippen LogP contribution < -0.4 is 19.8 Å². The standard InChI is InChI=1S/C29H21Cl2N3O5S2/c1-39-20-5-3-2-4-19(20)22-23-24(27(37)34(26(23)36)18-12-8-16(31)9-13-18)40-28-25(22)41-29(38)33(28)14-21(35)32-17-10-6-15(30)7-11-17/h2-13,22-24H,14H2,1H3,(H,32,35)/t22-,23?,24?/m1/s1. The number of anilines is 2. The molecule has 4 aromatic rings. The van der Waals surface area contributed by atoms with Crippen LogP contribution in [0, 0.1) is 5.92 Å². The van der Waals surface area contributed by atoms with Gasteiger partial charge in [0, 0.05) is 32.1 Å². The molecule has 2 unspecified atom stereocenters. The number of benzene rings is 3. The molecule has 1 N–H and O–H groups in total. The summed E-state index contributed by atoms with van der Waals surface area (Å²) in [7, 11) is 1.53. The predicted octanol–water partition coefficient (Wildman–Crippen LogP) is 5.66. The zero-order chi connectivity index (χ0) is 28.8. The first-order valence-corrected chi connectivity index (χ1v) is 14.9. The van der Waals surface area contributed by atoms with Gasteiger partial charge in [-0.15, -0.1) is 0 Å². The monoisotopic (exact) mass is 625 g/mol. The maximum absolute atomic E-state index is 14.0. The van der Waals surface area contributed by atoms with Gasteiger partial charge in [-0.25, -0.2) is 4.90 Å². The van der Waals surface area contributed by atoms with Crippen LogP contribution in [0.1, 0.15) is 16.4 Å². The first-order chi connectivity index (χ1) is 19.8. The summed E-state index contributed by atoms with van der Waals surface area (Å²) >= 11 is 14.1. The van der Waals surface area contributed by atoms with Crippen molar-refractivity contribution in [2.24, 2.45) is 5.92 Å². The van der Waals surface area contributed by atoms with E-state index in [1.807, 2.05) is 18.2 Å². The SMILES string of the molecule is COc1ccccc1[C@H]1c2sc(=O)n(CC(=O)Nc3ccc(Cl)cc3)c2SC2C(=O)N(c3ccc(Cl)cc3)C(=O)C21. The van der Waals surface area contributed by atoms with E-state index in [0.29, 0.717) is 42.6 Å². The van der Waals surface area contributed by atoms with Gasteiger partial charge in [-0.1, -0.05) is 64.5 Å². The summed E-state index contributed by atoms with van der Waals surface area (Å²) in [5.74, 6) is -2.07. The number of fused-ring (bicyclic) bond motifs is 2. The Labute approximate surface area is 252 Å². The number of methoxy groups -OCH3 is 1. The number of ether oxygens (including phenoxy) is 1. The second-order valence-corrected chi connectivity index (χ2v) is 12.4. The lowest BCUT2D eigenvalue weighted by molar-refractivity contribution is -0.122. The summed E-state index contributed by atoms with van der Waals surface area (Å²) < 4.78 is 7.01. The second kappa shape index (κ2) is 11.0. The van der Waals surface area contributed by atoms with Gasteiger partial charge in [-0.05, 0) is 54.6 Å². The fourth-order valence-electron chi connectivity index (χ4n) is 5.24. The minimum Gasteiger partial charge on any atom is -0.496 e. The van der Waals surface area contributed by atoms with Gasteiger partial charge in [-0.3, -0.25) is 23.7 Å². The van der Waals surface area contributed by atoms with Crippen LogP contribution in [-0.2, 0) is 20.9 Å². The summed E-state index contributed by atoms with van der Waals surface area (Å²) in [4.78, 5) is 55.6. The molecule has 41 heavy (non-hydrogen) atoms. The molecule has 0 saturated carbocycles. The van der Waals surface area contributed by atoms with Crippen molar-refractivity contribution in [3.05, 3.63) is 103 Å². The van der Waals surface area contributed by atoms with Gasteiger partial charge in [-0.2, -0.15) is 0 Å². The van der Waals surface area contributed by atoms with E-state index in [1.165, 1.54) is 16.6 Å². The van der Waals surface area contributed by atoms with Crippen LogP contribution in [0.3, 0.4) is 0 Å². The number of thiazole rings is 1. The van der Waals surface area contributed by atoms with Gasteiger partial charge in [0.1, 0.15) is 17.5 Å². The molecule has 208 valence electrons. The molecule has 2 aliphatic rings. The third kappa shape index (κ3) is 4.95. The number of hydrogen-bond acceptors (Lipinski definition) is 7. The number of halogens is 2. The van der Waals surface area contributed by atoms with Crippen molar-refractivity contribution in [2.45, 2.75) is 22.7 Å². The molecule has 3 amide bonds. The average molecular weight is 627 g/mol. The number of thioether (sulfide) groups is 1. The van der Waals surface area contributed by atoms with Gasteiger partial charge in [0.15, 0.2) is 0 Å². The lowest BCUT2D eigenvalue weighted by atomic mass is 9.82. The molecule has 3 heterocycles. The highest BCUT2D eigenvalue weighted by Crippen LogP contribution is 2.55. The molecule has 3 aromatic carbocycles. The molecule has 0 spiro atoms. The van der Waals surface area contributed by atoms with Crippen molar-refractivity contribution in [2.75, 3.05) is 17.3 Å². The lowest BCUT2D eigenvalue weighted by Crippen LogP contribution is -2.33. The summed E-state index contributed by atoms with van der Waals surface area (Å²) in [6, 6.07) is 20.4. The summed E-state index contributed by atoms with van der Waals surface area (Å²) in [5, 5.41) is 3.46. The normalized spacial score (nSPS) is 19.6. The van der Waals surface area contributed by atoms with E-state index < -0.39 is 28.9 Å². The number of imide groups is 1. The molecule has 1 aromatic heterocycles. The van der Waals surface area contributed by atoms with Gasteiger partial charge >= 0.3 is 4.87 Å². The van der Waals surface area contributed by atoms with E-state index in [9.17, 15) is 19.2 Å². The molecule has 2 aliphatic heterocycles. The second-order valence-electron chi connectivity index (χ2n) is 9.45. The minimum atomic E-state index is -0.819. The van der Waals surface area contributed by atoms with Crippen molar-refractivity contribution in [1.82, 2.24) is 4.57 Å². The zero-order valence-corrected chi connectivity index (χ0v) is 24.5. The van der Waals surface area contributed by atoms with E-state index in [2.05, 4.69) is 5.32 Å². The third-order valence-electron chi connectivity index (χ3n) is 7.04. The number of rotatable bonds is 6. The van der Waals surface area contributed by atoms with Crippen LogP contribution in [0.5, 0.6) is 5.75 Å². The van der Waals surface area contributed by atoms with Gasteiger partial charge in [0.05, 0.1) is 23.7 Å². The molecule has 6 rings (SSSR count). The quantitative estimate of drug-likeness (QED) is 0.278. The van der Waals surface area contributed by atoms with Gasteiger partial charge in [0.25, 0.3) is 0 Å².